The van der Waals surface area contributed by atoms with E-state index >= 15 is 4.39 Å². The highest BCUT2D eigenvalue weighted by Crippen LogP contribution is 2.45. The number of ether oxygens (including phenoxy) is 2. The molecule has 39 heavy (non-hydrogen) atoms. The van der Waals surface area contributed by atoms with Crippen molar-refractivity contribution in [1.29, 1.82) is 0 Å². The van der Waals surface area contributed by atoms with Gasteiger partial charge in [-0.3, -0.25) is 0 Å². The van der Waals surface area contributed by atoms with Gasteiger partial charge in [-0.25, -0.2) is 24.3 Å². The molecule has 0 N–H and O–H groups in total. The zero-order valence-electron chi connectivity index (χ0n) is 21.1. The lowest BCUT2D eigenvalue weighted by atomic mass is 10.1. The van der Waals surface area contributed by atoms with Gasteiger partial charge in [0.2, 0.25) is 11.7 Å². The van der Waals surface area contributed by atoms with E-state index in [1.165, 1.54) is 30.1 Å². The maximum Gasteiger partial charge on any atom is 0.434 e. The molecular weight excluding hydrogens is 523 g/mol. The van der Waals surface area contributed by atoms with Gasteiger partial charge < -0.3 is 14.0 Å². The molecular formula is C26H23F5N6O2. The number of aromatic nitrogens is 6. The lowest BCUT2D eigenvalue weighted by Crippen LogP contribution is -2.06. The van der Waals surface area contributed by atoms with E-state index in [0.717, 1.165) is 31.3 Å². The summed E-state index contributed by atoms with van der Waals surface area (Å²) in [7, 11) is 1.44. The summed E-state index contributed by atoms with van der Waals surface area (Å²) in [6, 6.07) is 3.48. The highest BCUT2D eigenvalue weighted by Gasteiger charge is 2.36. The molecule has 0 aliphatic heterocycles. The number of imidazole rings is 1. The van der Waals surface area contributed by atoms with Gasteiger partial charge in [-0.15, -0.1) is 0 Å². The van der Waals surface area contributed by atoms with Crippen LogP contribution in [0.1, 0.15) is 55.6 Å². The third kappa shape index (κ3) is 5.38. The van der Waals surface area contributed by atoms with Crippen molar-refractivity contribution in [2.45, 2.75) is 51.4 Å². The Morgan fingerprint density at radius 2 is 1.79 bits per heavy atom. The average Bonchev–Trinajstić information content (AvgIpc) is 3.64. The zero-order valence-corrected chi connectivity index (χ0v) is 21.1. The monoisotopic (exact) mass is 546 g/mol. The normalized spacial score (nSPS) is 13.7. The molecule has 5 rings (SSSR count). The van der Waals surface area contributed by atoms with Crippen LogP contribution in [-0.2, 0) is 12.8 Å². The molecule has 0 amide bonds. The fourth-order valence-corrected chi connectivity index (χ4v) is 4.09. The van der Waals surface area contributed by atoms with Crippen molar-refractivity contribution in [3.63, 3.8) is 0 Å². The molecule has 3 aromatic heterocycles. The fraction of sp³-hybridized carbons (Fsp3) is 0.346. The second kappa shape index (κ2) is 10.2. The molecule has 0 unspecified atom stereocenters. The van der Waals surface area contributed by atoms with E-state index in [2.05, 4.69) is 24.9 Å². The minimum absolute atomic E-state index is 0.109. The van der Waals surface area contributed by atoms with Crippen LogP contribution >= 0.6 is 0 Å². The number of hydrogen-bond acceptors (Lipinski definition) is 7. The minimum Gasteiger partial charge on any atom is -0.480 e. The molecule has 0 bridgehead atoms. The van der Waals surface area contributed by atoms with Gasteiger partial charge in [0.05, 0.1) is 24.6 Å². The van der Waals surface area contributed by atoms with Crippen molar-refractivity contribution in [1.82, 2.24) is 29.5 Å². The number of alkyl halides is 3. The number of hydrogen-bond donors (Lipinski definition) is 0. The van der Waals surface area contributed by atoms with Crippen LogP contribution in [-0.4, -0.2) is 36.6 Å². The Hall–Kier alpha value is -4.16. The molecule has 0 atom stereocenters. The number of benzene rings is 1. The first-order valence-corrected chi connectivity index (χ1v) is 12.1. The van der Waals surface area contributed by atoms with Crippen molar-refractivity contribution in [3.8, 4) is 34.5 Å². The molecule has 204 valence electrons. The molecule has 1 aromatic carbocycles. The molecule has 8 nitrogen and oxygen atoms in total. The van der Waals surface area contributed by atoms with E-state index in [1.807, 2.05) is 0 Å². The first-order valence-electron chi connectivity index (χ1n) is 12.1. The van der Waals surface area contributed by atoms with E-state index in [-0.39, 0.29) is 41.5 Å². The molecule has 1 saturated carbocycles. The number of halogens is 5. The maximum absolute atomic E-state index is 15.1. The first-order chi connectivity index (χ1) is 18.6. The maximum atomic E-state index is 15.1. The Labute approximate surface area is 219 Å². The van der Waals surface area contributed by atoms with Crippen LogP contribution in [0.15, 0.2) is 36.9 Å². The Bertz CT molecular complexity index is 1520. The summed E-state index contributed by atoms with van der Waals surface area (Å²) in [5.41, 5.74) is 0.224. The van der Waals surface area contributed by atoms with Crippen molar-refractivity contribution in [2.24, 2.45) is 0 Å². The Morgan fingerprint density at radius 3 is 2.44 bits per heavy atom. The smallest absolute Gasteiger partial charge is 0.434 e. The van der Waals surface area contributed by atoms with Crippen molar-refractivity contribution >= 4 is 0 Å². The van der Waals surface area contributed by atoms with E-state index in [0.29, 0.717) is 16.8 Å². The Balaban J connectivity index is 1.40. The molecule has 1 aliphatic carbocycles. The van der Waals surface area contributed by atoms with Crippen LogP contribution in [0.4, 0.5) is 22.0 Å². The van der Waals surface area contributed by atoms with E-state index in [1.54, 1.807) is 13.8 Å². The van der Waals surface area contributed by atoms with E-state index < -0.39 is 29.5 Å². The van der Waals surface area contributed by atoms with Crippen molar-refractivity contribution in [2.75, 3.05) is 7.11 Å². The van der Waals surface area contributed by atoms with Gasteiger partial charge in [0.15, 0.2) is 11.5 Å². The number of nitrogens with zero attached hydrogens (tertiary/aromatic N) is 6. The molecule has 1 aliphatic rings. The second-order valence-electron chi connectivity index (χ2n) is 9.32. The fourth-order valence-electron chi connectivity index (χ4n) is 4.09. The van der Waals surface area contributed by atoms with Crippen LogP contribution < -0.4 is 9.47 Å². The minimum atomic E-state index is -4.67. The van der Waals surface area contributed by atoms with E-state index in [9.17, 15) is 17.6 Å². The number of rotatable bonds is 8. The van der Waals surface area contributed by atoms with Gasteiger partial charge in [-0.05, 0) is 44.4 Å². The van der Waals surface area contributed by atoms with Crippen LogP contribution in [0.25, 0.3) is 22.8 Å². The van der Waals surface area contributed by atoms with E-state index in [4.69, 9.17) is 9.47 Å². The summed E-state index contributed by atoms with van der Waals surface area (Å²) in [4.78, 5) is 20.3. The SMILES string of the molecule is COc1ncnc(C2CC2)c1-c1ncc(F)c(OCc2ccc(-c3nc(C(F)(F)F)cn3C(C)C)c(F)c2)n1. The van der Waals surface area contributed by atoms with Gasteiger partial charge >= 0.3 is 6.18 Å². The molecule has 4 aromatic rings. The predicted octanol–water partition coefficient (Wildman–Crippen LogP) is 6.14. The molecule has 3 heterocycles. The van der Waals surface area contributed by atoms with Crippen LogP contribution in [0.5, 0.6) is 11.8 Å². The quantitative estimate of drug-likeness (QED) is 0.245. The lowest BCUT2D eigenvalue weighted by Gasteiger charge is -2.13. The first kappa shape index (κ1) is 26.4. The largest absolute Gasteiger partial charge is 0.480 e. The topological polar surface area (TPSA) is 87.8 Å². The Morgan fingerprint density at radius 1 is 1.03 bits per heavy atom. The third-order valence-corrected chi connectivity index (χ3v) is 6.16. The molecule has 13 heteroatoms. The standard InChI is InChI=1S/C26H23F5N6O2/c1-13(2)37-10-19(26(29,30)31)35-23(37)16-7-4-14(8-17(16)27)11-39-24-18(28)9-32-22(36-24)20-21(15-5-6-15)33-12-34-25(20)38-3/h4,7-10,12-13,15H,5-6,11H2,1-3H3. The van der Waals surface area contributed by atoms with Crippen LogP contribution in [0.3, 0.4) is 0 Å². The van der Waals surface area contributed by atoms with Crippen molar-refractivity contribution < 1.29 is 31.4 Å². The van der Waals surface area contributed by atoms with Crippen LogP contribution in [0, 0.1) is 11.6 Å². The second-order valence-corrected chi connectivity index (χ2v) is 9.32. The highest BCUT2D eigenvalue weighted by atomic mass is 19.4. The predicted molar refractivity (Wildman–Crippen MR) is 129 cm³/mol. The summed E-state index contributed by atoms with van der Waals surface area (Å²) in [6.45, 7) is 3.07. The molecule has 0 saturated heterocycles. The van der Waals surface area contributed by atoms with Crippen molar-refractivity contribution in [3.05, 3.63) is 65.5 Å². The van der Waals surface area contributed by atoms with Gasteiger partial charge in [0.25, 0.3) is 5.88 Å². The van der Waals surface area contributed by atoms with Crippen LogP contribution in [0.2, 0.25) is 0 Å². The summed E-state index contributed by atoms with van der Waals surface area (Å²) in [5.74, 6) is -1.60. The number of methoxy groups -OCH3 is 1. The van der Waals surface area contributed by atoms with Gasteiger partial charge in [0, 0.05) is 18.2 Å². The molecule has 0 spiro atoms. The summed E-state index contributed by atoms with van der Waals surface area (Å²) >= 11 is 0. The summed E-state index contributed by atoms with van der Waals surface area (Å²) in [6.07, 6.45) is 0.395. The summed E-state index contributed by atoms with van der Waals surface area (Å²) in [5, 5.41) is 0. The summed E-state index contributed by atoms with van der Waals surface area (Å²) < 4.78 is 81.4. The third-order valence-electron chi connectivity index (χ3n) is 6.16. The van der Waals surface area contributed by atoms with Gasteiger partial charge in [-0.2, -0.15) is 22.5 Å². The highest BCUT2D eigenvalue weighted by molar-refractivity contribution is 5.66. The van der Waals surface area contributed by atoms with Gasteiger partial charge in [-0.1, -0.05) is 6.07 Å². The molecule has 1 fully saturated rings. The average molecular weight is 547 g/mol. The Kier molecular flexibility index (Phi) is 6.91. The zero-order chi connectivity index (χ0) is 27.9. The lowest BCUT2D eigenvalue weighted by molar-refractivity contribution is -0.140. The van der Waals surface area contributed by atoms with Gasteiger partial charge in [0.1, 0.15) is 30.1 Å². The molecule has 0 radical (unpaired) electrons.